The summed E-state index contributed by atoms with van der Waals surface area (Å²) in [4.78, 5) is 23.7. The predicted octanol–water partition coefficient (Wildman–Crippen LogP) is 2.98. The SMILES string of the molecule is CNC(=O)Cn1cc(NC(=O)c2ccc(Oc3cccc(C)c3)cc2)cn1. The molecule has 0 spiro atoms. The van der Waals surface area contributed by atoms with E-state index in [4.69, 9.17) is 4.74 Å². The number of aromatic nitrogens is 2. The molecular formula is C20H20N4O3. The van der Waals surface area contributed by atoms with Crippen molar-refractivity contribution >= 4 is 17.5 Å². The molecule has 7 nitrogen and oxygen atoms in total. The van der Waals surface area contributed by atoms with Crippen molar-refractivity contribution in [2.45, 2.75) is 13.5 Å². The maximum Gasteiger partial charge on any atom is 0.255 e. The zero-order valence-electron chi connectivity index (χ0n) is 15.1. The Morgan fingerprint density at radius 1 is 1.11 bits per heavy atom. The molecule has 2 amide bonds. The van der Waals surface area contributed by atoms with Crippen molar-refractivity contribution in [3.63, 3.8) is 0 Å². The summed E-state index contributed by atoms with van der Waals surface area (Å²) >= 11 is 0. The van der Waals surface area contributed by atoms with Crippen molar-refractivity contribution in [3.05, 3.63) is 72.1 Å². The standard InChI is InChI=1S/C20H20N4O3/c1-14-4-3-5-18(10-14)27-17-8-6-15(7-9-17)20(26)23-16-11-22-24(12-16)13-19(25)21-2/h3-12H,13H2,1-2H3,(H,21,25)(H,23,26). The Morgan fingerprint density at radius 2 is 1.89 bits per heavy atom. The minimum absolute atomic E-state index is 0.0946. The molecule has 27 heavy (non-hydrogen) atoms. The van der Waals surface area contributed by atoms with Gasteiger partial charge in [0, 0.05) is 18.8 Å². The molecule has 0 bridgehead atoms. The average molecular weight is 364 g/mol. The number of hydrogen-bond donors (Lipinski definition) is 2. The predicted molar refractivity (Wildman–Crippen MR) is 102 cm³/mol. The molecule has 3 aromatic rings. The highest BCUT2D eigenvalue weighted by molar-refractivity contribution is 6.04. The Hall–Kier alpha value is -3.61. The summed E-state index contributed by atoms with van der Waals surface area (Å²) < 4.78 is 7.23. The van der Waals surface area contributed by atoms with Crippen molar-refractivity contribution in [2.24, 2.45) is 0 Å². The third kappa shape index (κ3) is 4.94. The quantitative estimate of drug-likeness (QED) is 0.704. The Bertz CT molecular complexity index is 948. The molecule has 0 unspecified atom stereocenters. The maximum atomic E-state index is 12.3. The highest BCUT2D eigenvalue weighted by Crippen LogP contribution is 2.22. The van der Waals surface area contributed by atoms with Gasteiger partial charge in [0.2, 0.25) is 5.91 Å². The molecule has 7 heteroatoms. The van der Waals surface area contributed by atoms with Gasteiger partial charge in [-0.2, -0.15) is 5.10 Å². The number of anilines is 1. The number of amides is 2. The van der Waals surface area contributed by atoms with Crippen molar-refractivity contribution < 1.29 is 14.3 Å². The van der Waals surface area contributed by atoms with E-state index < -0.39 is 0 Å². The van der Waals surface area contributed by atoms with E-state index in [9.17, 15) is 9.59 Å². The number of carbonyl (C=O) groups is 2. The van der Waals surface area contributed by atoms with Gasteiger partial charge in [-0.15, -0.1) is 0 Å². The fourth-order valence-corrected chi connectivity index (χ4v) is 2.43. The van der Waals surface area contributed by atoms with Gasteiger partial charge in [-0.05, 0) is 48.9 Å². The lowest BCUT2D eigenvalue weighted by Crippen LogP contribution is -2.23. The molecule has 1 aromatic heterocycles. The second-order valence-electron chi connectivity index (χ2n) is 6.00. The van der Waals surface area contributed by atoms with E-state index in [0.717, 1.165) is 11.3 Å². The first-order valence-electron chi connectivity index (χ1n) is 8.42. The van der Waals surface area contributed by atoms with Gasteiger partial charge in [0.1, 0.15) is 18.0 Å². The average Bonchev–Trinajstić information content (AvgIpc) is 3.09. The number of hydrogen-bond acceptors (Lipinski definition) is 4. The lowest BCUT2D eigenvalue weighted by atomic mass is 10.2. The van der Waals surface area contributed by atoms with Crippen LogP contribution in [-0.4, -0.2) is 28.6 Å². The fraction of sp³-hybridized carbons (Fsp3) is 0.150. The van der Waals surface area contributed by atoms with Gasteiger partial charge >= 0.3 is 0 Å². The first kappa shape index (κ1) is 18.2. The lowest BCUT2D eigenvalue weighted by molar-refractivity contribution is -0.121. The largest absolute Gasteiger partial charge is 0.457 e. The molecule has 0 fully saturated rings. The summed E-state index contributed by atoms with van der Waals surface area (Å²) in [5.74, 6) is 0.961. The topological polar surface area (TPSA) is 85.2 Å². The minimum Gasteiger partial charge on any atom is -0.457 e. The van der Waals surface area contributed by atoms with Crippen LogP contribution in [-0.2, 0) is 11.3 Å². The van der Waals surface area contributed by atoms with Crippen LogP contribution in [0.25, 0.3) is 0 Å². The van der Waals surface area contributed by atoms with Crippen LogP contribution in [0.5, 0.6) is 11.5 Å². The van der Waals surface area contributed by atoms with E-state index in [1.54, 1.807) is 37.5 Å². The van der Waals surface area contributed by atoms with E-state index in [1.165, 1.54) is 10.9 Å². The van der Waals surface area contributed by atoms with Gasteiger partial charge in [0.05, 0.1) is 11.9 Å². The molecule has 0 aliphatic carbocycles. The Balaban J connectivity index is 1.61. The fourth-order valence-electron chi connectivity index (χ4n) is 2.43. The minimum atomic E-state index is -0.267. The number of ether oxygens (including phenoxy) is 1. The molecule has 0 aliphatic rings. The summed E-state index contributed by atoms with van der Waals surface area (Å²) in [7, 11) is 1.56. The molecule has 0 atom stereocenters. The normalized spacial score (nSPS) is 10.3. The first-order chi connectivity index (χ1) is 13.0. The number of nitrogens with zero attached hydrogens (tertiary/aromatic N) is 2. The van der Waals surface area contributed by atoms with Crippen molar-refractivity contribution in [1.29, 1.82) is 0 Å². The van der Waals surface area contributed by atoms with Crippen LogP contribution >= 0.6 is 0 Å². The van der Waals surface area contributed by atoms with E-state index in [-0.39, 0.29) is 18.4 Å². The van der Waals surface area contributed by atoms with Crippen LogP contribution in [0.3, 0.4) is 0 Å². The number of aryl methyl sites for hydroxylation is 1. The van der Waals surface area contributed by atoms with Gasteiger partial charge < -0.3 is 15.4 Å². The number of rotatable bonds is 6. The summed E-state index contributed by atoms with van der Waals surface area (Å²) in [6, 6.07) is 14.6. The van der Waals surface area contributed by atoms with E-state index in [2.05, 4.69) is 15.7 Å². The van der Waals surface area contributed by atoms with Crippen molar-refractivity contribution in [3.8, 4) is 11.5 Å². The highest BCUT2D eigenvalue weighted by atomic mass is 16.5. The van der Waals surface area contributed by atoms with Gasteiger partial charge in [-0.3, -0.25) is 14.3 Å². The number of carbonyl (C=O) groups excluding carboxylic acids is 2. The van der Waals surface area contributed by atoms with Crippen LogP contribution in [0.2, 0.25) is 0 Å². The third-order valence-electron chi connectivity index (χ3n) is 3.82. The maximum absolute atomic E-state index is 12.3. The zero-order valence-corrected chi connectivity index (χ0v) is 15.1. The number of likely N-dealkylation sites (N-methyl/N-ethyl adjacent to an activating group) is 1. The van der Waals surface area contributed by atoms with Gasteiger partial charge in [-0.25, -0.2) is 0 Å². The van der Waals surface area contributed by atoms with E-state index in [0.29, 0.717) is 17.0 Å². The molecule has 0 saturated carbocycles. The molecule has 0 aliphatic heterocycles. The molecule has 138 valence electrons. The zero-order chi connectivity index (χ0) is 19.2. The Morgan fingerprint density at radius 3 is 2.59 bits per heavy atom. The number of nitrogens with one attached hydrogen (secondary N) is 2. The second kappa shape index (κ2) is 8.18. The molecule has 1 heterocycles. The Kier molecular flexibility index (Phi) is 5.51. The summed E-state index contributed by atoms with van der Waals surface area (Å²) in [6.45, 7) is 2.09. The van der Waals surface area contributed by atoms with Crippen molar-refractivity contribution in [2.75, 3.05) is 12.4 Å². The van der Waals surface area contributed by atoms with E-state index >= 15 is 0 Å². The molecule has 3 rings (SSSR count). The second-order valence-corrected chi connectivity index (χ2v) is 6.00. The van der Waals surface area contributed by atoms with Crippen LogP contribution in [0, 0.1) is 6.92 Å². The third-order valence-corrected chi connectivity index (χ3v) is 3.82. The summed E-state index contributed by atoms with van der Waals surface area (Å²) in [6.07, 6.45) is 3.10. The number of benzene rings is 2. The van der Waals surface area contributed by atoms with Crippen LogP contribution in [0.4, 0.5) is 5.69 Å². The van der Waals surface area contributed by atoms with Gasteiger partial charge in [-0.1, -0.05) is 12.1 Å². The van der Waals surface area contributed by atoms with Crippen molar-refractivity contribution in [1.82, 2.24) is 15.1 Å². The Labute approximate surface area is 157 Å². The summed E-state index contributed by atoms with van der Waals surface area (Å²) in [5, 5.41) is 9.31. The molecule has 0 radical (unpaired) electrons. The van der Waals surface area contributed by atoms with Gasteiger partial charge in [0.25, 0.3) is 5.91 Å². The van der Waals surface area contributed by atoms with Crippen LogP contribution < -0.4 is 15.4 Å². The summed E-state index contributed by atoms with van der Waals surface area (Å²) in [5.41, 5.74) is 2.12. The van der Waals surface area contributed by atoms with Crippen LogP contribution in [0.15, 0.2) is 60.9 Å². The molecular weight excluding hydrogens is 344 g/mol. The first-order valence-corrected chi connectivity index (χ1v) is 8.42. The van der Waals surface area contributed by atoms with Gasteiger partial charge in [0.15, 0.2) is 0 Å². The molecule has 2 aromatic carbocycles. The van der Waals surface area contributed by atoms with E-state index in [1.807, 2.05) is 31.2 Å². The smallest absolute Gasteiger partial charge is 0.255 e. The molecule has 0 saturated heterocycles. The van der Waals surface area contributed by atoms with Crippen LogP contribution in [0.1, 0.15) is 15.9 Å². The lowest BCUT2D eigenvalue weighted by Gasteiger charge is -2.07. The highest BCUT2D eigenvalue weighted by Gasteiger charge is 2.09. The monoisotopic (exact) mass is 364 g/mol. The molecule has 2 N–H and O–H groups in total.